The van der Waals surface area contributed by atoms with Crippen molar-refractivity contribution >= 4 is 23.4 Å². The predicted octanol–water partition coefficient (Wildman–Crippen LogP) is 0.466. The highest BCUT2D eigenvalue weighted by atomic mass is 16.2. The normalized spacial score (nSPS) is 9.38. The molecule has 0 spiro atoms. The largest absolute Gasteiger partial charge is 0.341 e. The predicted molar refractivity (Wildman–Crippen MR) is 79.5 cm³/mol. The van der Waals surface area contributed by atoms with Crippen molar-refractivity contribution in [2.24, 2.45) is 0 Å². The van der Waals surface area contributed by atoms with Gasteiger partial charge in [-0.3, -0.25) is 14.4 Å². The molecule has 0 aliphatic carbocycles. The van der Waals surface area contributed by atoms with Crippen molar-refractivity contribution in [3.63, 3.8) is 0 Å². The van der Waals surface area contributed by atoms with Gasteiger partial charge in [0, 0.05) is 14.0 Å². The Morgan fingerprint density at radius 3 is 2.57 bits per heavy atom. The number of hydrogen-bond donors (Lipinski definition) is 2. The smallest absolute Gasteiger partial charge is 0.254 e. The number of terminal acetylenes is 1. The lowest BCUT2D eigenvalue weighted by atomic mass is 10.1. The minimum absolute atomic E-state index is 0.0877. The van der Waals surface area contributed by atoms with Crippen LogP contribution in [0.15, 0.2) is 24.3 Å². The second kappa shape index (κ2) is 7.70. The Labute approximate surface area is 123 Å². The standard InChI is InChI=1S/C15H17N3O3/c1-4-9-16-15(21)12-7-5-6-8-13(12)17-14(20)10-18(3)11(2)19/h1,5-8H,9-10H2,2-3H3,(H,16,21)(H,17,20). The maximum atomic E-state index is 11.9. The third-order valence-corrected chi connectivity index (χ3v) is 2.72. The molecule has 0 aromatic heterocycles. The SMILES string of the molecule is C#CCNC(=O)c1ccccc1NC(=O)CN(C)C(C)=O. The monoisotopic (exact) mass is 287 g/mol. The molecular weight excluding hydrogens is 270 g/mol. The molecule has 0 unspecified atom stereocenters. The third kappa shape index (κ3) is 4.99. The average Bonchev–Trinajstić information content (AvgIpc) is 2.45. The van der Waals surface area contributed by atoms with Crippen LogP contribution in [-0.2, 0) is 9.59 Å². The Bertz CT molecular complexity index is 590. The summed E-state index contributed by atoms with van der Waals surface area (Å²) in [6, 6.07) is 6.57. The van der Waals surface area contributed by atoms with E-state index in [1.807, 2.05) is 0 Å². The molecule has 0 aliphatic rings. The van der Waals surface area contributed by atoms with E-state index in [9.17, 15) is 14.4 Å². The summed E-state index contributed by atoms with van der Waals surface area (Å²) in [6.07, 6.45) is 5.08. The Kier molecular flexibility index (Phi) is 5.96. The minimum atomic E-state index is -0.384. The molecule has 0 aliphatic heterocycles. The number of rotatable bonds is 5. The van der Waals surface area contributed by atoms with Gasteiger partial charge in [-0.1, -0.05) is 18.1 Å². The van der Waals surface area contributed by atoms with Crippen LogP contribution in [0.2, 0.25) is 0 Å². The van der Waals surface area contributed by atoms with Crippen molar-refractivity contribution in [2.45, 2.75) is 6.92 Å². The number of hydrogen-bond acceptors (Lipinski definition) is 3. The molecule has 2 N–H and O–H groups in total. The molecule has 0 atom stereocenters. The molecule has 0 saturated carbocycles. The number of likely N-dealkylation sites (N-methyl/N-ethyl adjacent to an activating group) is 1. The highest BCUT2D eigenvalue weighted by Crippen LogP contribution is 2.14. The van der Waals surface area contributed by atoms with Gasteiger partial charge in [0.15, 0.2) is 0 Å². The molecule has 1 rings (SSSR count). The molecule has 0 bridgehead atoms. The van der Waals surface area contributed by atoms with Crippen LogP contribution in [0.4, 0.5) is 5.69 Å². The fourth-order valence-corrected chi connectivity index (χ4v) is 1.53. The van der Waals surface area contributed by atoms with Crippen LogP contribution in [0.1, 0.15) is 17.3 Å². The summed E-state index contributed by atoms with van der Waals surface area (Å²) in [5, 5.41) is 5.14. The van der Waals surface area contributed by atoms with Gasteiger partial charge >= 0.3 is 0 Å². The molecule has 0 fully saturated rings. The number of para-hydroxylation sites is 1. The van der Waals surface area contributed by atoms with E-state index in [0.29, 0.717) is 11.3 Å². The van der Waals surface area contributed by atoms with Crippen LogP contribution in [0, 0.1) is 12.3 Å². The Hall–Kier alpha value is -2.81. The fourth-order valence-electron chi connectivity index (χ4n) is 1.53. The maximum absolute atomic E-state index is 11.9. The van der Waals surface area contributed by atoms with Crippen LogP contribution in [0.5, 0.6) is 0 Å². The van der Waals surface area contributed by atoms with E-state index < -0.39 is 0 Å². The summed E-state index contributed by atoms with van der Waals surface area (Å²) in [6.45, 7) is 1.39. The zero-order valence-electron chi connectivity index (χ0n) is 12.0. The molecule has 0 heterocycles. The first kappa shape index (κ1) is 16.2. The summed E-state index contributed by atoms with van der Waals surface area (Å²) in [5.41, 5.74) is 0.681. The van der Waals surface area contributed by atoms with E-state index in [1.165, 1.54) is 18.9 Å². The van der Waals surface area contributed by atoms with E-state index in [1.54, 1.807) is 24.3 Å². The van der Waals surface area contributed by atoms with Gasteiger partial charge in [-0.2, -0.15) is 0 Å². The Morgan fingerprint density at radius 1 is 1.29 bits per heavy atom. The number of carbonyl (C=O) groups excluding carboxylic acids is 3. The number of amides is 3. The zero-order valence-corrected chi connectivity index (χ0v) is 12.0. The number of anilines is 1. The summed E-state index contributed by atoms with van der Waals surface area (Å²) < 4.78 is 0. The first-order valence-electron chi connectivity index (χ1n) is 6.28. The van der Waals surface area contributed by atoms with Gasteiger partial charge in [-0.25, -0.2) is 0 Å². The van der Waals surface area contributed by atoms with Crippen molar-refractivity contribution in [1.82, 2.24) is 10.2 Å². The topological polar surface area (TPSA) is 78.5 Å². The van der Waals surface area contributed by atoms with E-state index >= 15 is 0 Å². The van der Waals surface area contributed by atoms with Crippen molar-refractivity contribution < 1.29 is 14.4 Å². The van der Waals surface area contributed by atoms with Crippen LogP contribution in [0.25, 0.3) is 0 Å². The highest BCUT2D eigenvalue weighted by molar-refractivity contribution is 6.04. The van der Waals surface area contributed by atoms with Crippen molar-refractivity contribution in [3.8, 4) is 12.3 Å². The van der Waals surface area contributed by atoms with Crippen LogP contribution >= 0.6 is 0 Å². The van der Waals surface area contributed by atoms with Gasteiger partial charge in [-0.05, 0) is 12.1 Å². The number of nitrogens with zero attached hydrogens (tertiary/aromatic N) is 1. The lowest BCUT2D eigenvalue weighted by Gasteiger charge is -2.15. The van der Waals surface area contributed by atoms with Gasteiger partial charge in [0.05, 0.1) is 24.3 Å². The molecule has 6 heteroatoms. The van der Waals surface area contributed by atoms with Crippen molar-refractivity contribution in [2.75, 3.05) is 25.5 Å². The maximum Gasteiger partial charge on any atom is 0.254 e. The molecule has 1 aromatic rings. The van der Waals surface area contributed by atoms with Crippen LogP contribution in [0.3, 0.4) is 0 Å². The van der Waals surface area contributed by atoms with Gasteiger partial charge in [0.25, 0.3) is 5.91 Å². The van der Waals surface area contributed by atoms with E-state index in [4.69, 9.17) is 6.42 Å². The number of benzene rings is 1. The molecule has 1 aromatic carbocycles. The number of nitrogens with one attached hydrogen (secondary N) is 2. The molecule has 0 radical (unpaired) electrons. The lowest BCUT2D eigenvalue weighted by Crippen LogP contribution is -2.34. The van der Waals surface area contributed by atoms with Crippen molar-refractivity contribution in [1.29, 1.82) is 0 Å². The quantitative estimate of drug-likeness (QED) is 0.773. The van der Waals surface area contributed by atoms with Gasteiger partial charge in [0.1, 0.15) is 0 Å². The average molecular weight is 287 g/mol. The Morgan fingerprint density at radius 2 is 1.95 bits per heavy atom. The second-order valence-corrected chi connectivity index (χ2v) is 4.36. The lowest BCUT2D eigenvalue weighted by molar-refractivity contribution is -0.131. The summed E-state index contributed by atoms with van der Waals surface area (Å²) in [5.74, 6) is 1.33. The van der Waals surface area contributed by atoms with Gasteiger partial charge < -0.3 is 15.5 Å². The summed E-state index contributed by atoms with van der Waals surface area (Å²) in [4.78, 5) is 36.1. The third-order valence-electron chi connectivity index (χ3n) is 2.72. The van der Waals surface area contributed by atoms with E-state index in [-0.39, 0.29) is 30.8 Å². The molecule has 0 saturated heterocycles. The van der Waals surface area contributed by atoms with E-state index in [2.05, 4.69) is 16.6 Å². The zero-order chi connectivity index (χ0) is 15.8. The Balaban J connectivity index is 2.80. The number of carbonyl (C=O) groups is 3. The molecule has 6 nitrogen and oxygen atoms in total. The molecule has 110 valence electrons. The first-order valence-corrected chi connectivity index (χ1v) is 6.28. The molecule has 21 heavy (non-hydrogen) atoms. The van der Waals surface area contributed by atoms with Crippen LogP contribution in [-0.4, -0.2) is 42.8 Å². The van der Waals surface area contributed by atoms with Crippen molar-refractivity contribution in [3.05, 3.63) is 29.8 Å². The minimum Gasteiger partial charge on any atom is -0.341 e. The first-order chi connectivity index (χ1) is 9.95. The molecular formula is C15H17N3O3. The second-order valence-electron chi connectivity index (χ2n) is 4.36. The summed E-state index contributed by atoms with van der Waals surface area (Å²) in [7, 11) is 1.52. The fraction of sp³-hybridized carbons (Fsp3) is 0.267. The summed E-state index contributed by atoms with van der Waals surface area (Å²) >= 11 is 0. The highest BCUT2D eigenvalue weighted by Gasteiger charge is 2.14. The van der Waals surface area contributed by atoms with Gasteiger partial charge in [0.2, 0.25) is 11.8 Å². The van der Waals surface area contributed by atoms with Crippen LogP contribution < -0.4 is 10.6 Å². The van der Waals surface area contributed by atoms with E-state index in [0.717, 1.165) is 0 Å². The van der Waals surface area contributed by atoms with Gasteiger partial charge in [-0.15, -0.1) is 6.42 Å². The molecule has 3 amide bonds.